The Morgan fingerprint density at radius 2 is 1.41 bits per heavy atom. The number of nitrogens with zero attached hydrogens (tertiary/aromatic N) is 2. The molecule has 0 fully saturated rings. The first-order valence-corrected chi connectivity index (χ1v) is 19.0. The number of carbonyl (C=O) groups excluding carboxylic acids is 2. The van der Waals surface area contributed by atoms with E-state index in [9.17, 15) is 18.0 Å². The summed E-state index contributed by atoms with van der Waals surface area (Å²) >= 11 is 0. The maximum atomic E-state index is 13.9. The molecular weight excluding hydrogens is 665 g/mol. The smallest absolute Gasteiger partial charge is 0.245 e. The molecule has 1 aliphatic rings. The third kappa shape index (κ3) is 9.46. The molecule has 1 heterocycles. The van der Waals surface area contributed by atoms with Crippen LogP contribution in [0.25, 0.3) is 10.8 Å². The highest BCUT2D eigenvalue weighted by atomic mass is 32.2. The summed E-state index contributed by atoms with van der Waals surface area (Å²) in [5.41, 5.74) is 2.59. The van der Waals surface area contributed by atoms with Crippen LogP contribution in [-0.4, -0.2) is 68.0 Å². The molecule has 2 N–H and O–H groups in total. The Morgan fingerprint density at radius 1 is 0.765 bits per heavy atom. The molecule has 51 heavy (non-hydrogen) atoms. The summed E-state index contributed by atoms with van der Waals surface area (Å²) in [5, 5.41) is 4.64. The van der Waals surface area contributed by atoms with Gasteiger partial charge in [-0.05, 0) is 93.3 Å². The average Bonchev–Trinajstić information content (AvgIpc) is 3.57. The van der Waals surface area contributed by atoms with Gasteiger partial charge in [0.2, 0.25) is 28.6 Å². The number of hydrogen-bond donors (Lipinski definition) is 2. The zero-order valence-electron chi connectivity index (χ0n) is 30.6. The van der Waals surface area contributed by atoms with Crippen LogP contribution in [0.1, 0.15) is 70.7 Å². The number of nitrogens with one attached hydrogen (secondary N) is 2. The Bertz CT molecular complexity index is 1940. The van der Waals surface area contributed by atoms with Crippen molar-refractivity contribution < 1.29 is 27.5 Å². The molecule has 0 spiro atoms. The molecule has 2 amide bonds. The summed E-state index contributed by atoms with van der Waals surface area (Å²) in [7, 11) is -2.36. The molecule has 0 radical (unpaired) electrons. The van der Waals surface area contributed by atoms with E-state index in [4.69, 9.17) is 9.47 Å². The maximum Gasteiger partial charge on any atom is 0.245 e. The number of fused-ring (bicyclic) bond motifs is 2. The highest BCUT2D eigenvalue weighted by molar-refractivity contribution is 7.89. The topological polar surface area (TPSA) is 117 Å². The SMILES string of the molecule is CC(C)N(C)C(=O)[C@@H](Cc1ccc(CN(C(C)C)C(C)C)cc1)NC(=O)C[C@@H](NS(=O)(=O)c1ccc2ccccc2c1)c1ccc2c(c1)OCO2. The lowest BCUT2D eigenvalue weighted by Crippen LogP contribution is -2.50. The molecule has 4 aromatic carbocycles. The lowest BCUT2D eigenvalue weighted by molar-refractivity contribution is -0.136. The van der Waals surface area contributed by atoms with Gasteiger partial charge in [0.25, 0.3) is 0 Å². The zero-order chi connectivity index (χ0) is 36.9. The minimum Gasteiger partial charge on any atom is -0.454 e. The van der Waals surface area contributed by atoms with Gasteiger partial charge in [0, 0.05) is 44.6 Å². The van der Waals surface area contributed by atoms with Crippen molar-refractivity contribution in [2.75, 3.05) is 13.8 Å². The van der Waals surface area contributed by atoms with Gasteiger partial charge in [0.1, 0.15) is 6.04 Å². The van der Waals surface area contributed by atoms with Crippen molar-refractivity contribution in [2.45, 2.75) is 96.0 Å². The zero-order valence-corrected chi connectivity index (χ0v) is 31.4. The summed E-state index contributed by atoms with van der Waals surface area (Å²) in [4.78, 5) is 31.7. The minimum absolute atomic E-state index is 0.0502. The Labute approximate surface area is 302 Å². The molecule has 5 rings (SSSR count). The van der Waals surface area contributed by atoms with Crippen molar-refractivity contribution in [3.8, 4) is 11.5 Å². The Morgan fingerprint density at radius 3 is 2.08 bits per heavy atom. The second kappa shape index (κ2) is 16.3. The standard InChI is InChI=1S/C40H50N4O6S/c1-26(2)43(7)40(46)36(20-29-12-14-30(15-13-29)24-44(27(3)4)28(5)6)41-39(45)23-35(33-17-19-37-38(22-33)50-25-49-37)42-51(47,48)34-18-16-31-10-8-9-11-32(31)21-34/h8-19,21-22,26-28,35-36,42H,20,23-25H2,1-7H3,(H,41,45)/t35-,36-/m1/s1. The van der Waals surface area contributed by atoms with Crippen molar-refractivity contribution in [1.29, 1.82) is 0 Å². The van der Waals surface area contributed by atoms with Crippen LogP contribution >= 0.6 is 0 Å². The Hall–Kier alpha value is -4.45. The lowest BCUT2D eigenvalue weighted by atomic mass is 10.0. The van der Waals surface area contributed by atoms with Crippen molar-refractivity contribution in [3.63, 3.8) is 0 Å². The average molecular weight is 715 g/mol. The normalized spacial score (nSPS) is 14.0. The predicted molar refractivity (Wildman–Crippen MR) is 200 cm³/mol. The molecule has 4 aromatic rings. The predicted octanol–water partition coefficient (Wildman–Crippen LogP) is 6.19. The Kier molecular flexibility index (Phi) is 12.1. The van der Waals surface area contributed by atoms with Crippen LogP contribution in [0.2, 0.25) is 0 Å². The van der Waals surface area contributed by atoms with Gasteiger partial charge >= 0.3 is 0 Å². The van der Waals surface area contributed by atoms with Crippen LogP contribution in [0.4, 0.5) is 0 Å². The van der Waals surface area contributed by atoms with Gasteiger partial charge in [-0.3, -0.25) is 14.5 Å². The highest BCUT2D eigenvalue weighted by Crippen LogP contribution is 2.35. The summed E-state index contributed by atoms with van der Waals surface area (Å²) in [6.45, 7) is 13.4. The first kappa shape index (κ1) is 37.8. The second-order valence-electron chi connectivity index (χ2n) is 14.0. The fraction of sp³-hybridized carbons (Fsp3) is 0.400. The monoisotopic (exact) mass is 714 g/mol. The van der Waals surface area contributed by atoms with E-state index in [-0.39, 0.29) is 36.5 Å². The fourth-order valence-electron chi connectivity index (χ4n) is 6.28. The van der Waals surface area contributed by atoms with Gasteiger partial charge in [0.15, 0.2) is 11.5 Å². The van der Waals surface area contributed by atoms with Crippen molar-refractivity contribution in [3.05, 3.63) is 102 Å². The number of likely N-dealkylation sites (N-methyl/N-ethyl adjacent to an activating group) is 1. The van der Waals surface area contributed by atoms with Crippen molar-refractivity contribution in [1.82, 2.24) is 19.8 Å². The number of amides is 2. The number of ether oxygens (including phenoxy) is 2. The van der Waals surface area contributed by atoms with E-state index >= 15 is 0 Å². The summed E-state index contributed by atoms with van der Waals surface area (Å²) in [6.07, 6.45) is 0.0122. The van der Waals surface area contributed by atoms with E-state index in [1.807, 2.05) is 50.2 Å². The van der Waals surface area contributed by atoms with E-state index in [0.717, 1.165) is 28.4 Å². The lowest BCUT2D eigenvalue weighted by Gasteiger charge is -2.30. The van der Waals surface area contributed by atoms with E-state index in [2.05, 4.69) is 54.8 Å². The van der Waals surface area contributed by atoms with Gasteiger partial charge in [-0.25, -0.2) is 13.1 Å². The number of carbonyl (C=O) groups is 2. The van der Waals surface area contributed by atoms with Crippen LogP contribution < -0.4 is 19.5 Å². The van der Waals surface area contributed by atoms with Crippen LogP contribution in [-0.2, 0) is 32.6 Å². The van der Waals surface area contributed by atoms with E-state index in [1.165, 1.54) is 0 Å². The number of hydrogen-bond acceptors (Lipinski definition) is 7. The van der Waals surface area contributed by atoms with Gasteiger partial charge in [-0.2, -0.15) is 0 Å². The molecule has 0 aliphatic carbocycles. The number of sulfonamides is 1. The van der Waals surface area contributed by atoms with Crippen molar-refractivity contribution in [2.24, 2.45) is 0 Å². The maximum absolute atomic E-state index is 13.9. The van der Waals surface area contributed by atoms with E-state index in [0.29, 0.717) is 29.1 Å². The molecule has 0 bridgehead atoms. The quantitative estimate of drug-likeness (QED) is 0.151. The molecule has 11 heteroatoms. The first-order valence-electron chi connectivity index (χ1n) is 17.5. The number of rotatable bonds is 15. The van der Waals surface area contributed by atoms with Crippen LogP contribution in [0.5, 0.6) is 11.5 Å². The first-order chi connectivity index (χ1) is 24.2. The molecule has 0 unspecified atom stereocenters. The van der Waals surface area contributed by atoms with Crippen molar-refractivity contribution >= 4 is 32.6 Å². The second-order valence-corrected chi connectivity index (χ2v) is 15.8. The summed E-state index contributed by atoms with van der Waals surface area (Å²) in [6, 6.07) is 24.5. The largest absolute Gasteiger partial charge is 0.454 e. The van der Waals surface area contributed by atoms with Crippen LogP contribution in [0.15, 0.2) is 89.8 Å². The van der Waals surface area contributed by atoms with Gasteiger partial charge < -0.3 is 19.7 Å². The summed E-state index contributed by atoms with van der Waals surface area (Å²) in [5.74, 6) is 0.289. The summed E-state index contributed by atoms with van der Waals surface area (Å²) < 4.78 is 41.4. The minimum atomic E-state index is -4.08. The third-order valence-corrected chi connectivity index (χ3v) is 10.9. The highest BCUT2D eigenvalue weighted by Gasteiger charge is 2.30. The van der Waals surface area contributed by atoms with Gasteiger partial charge in [-0.1, -0.05) is 60.7 Å². The number of benzene rings is 4. The Balaban J connectivity index is 1.39. The molecule has 2 atom stereocenters. The third-order valence-electron chi connectivity index (χ3n) is 9.43. The van der Waals surface area contributed by atoms with Crippen LogP contribution in [0.3, 0.4) is 0 Å². The molecule has 0 aromatic heterocycles. The van der Waals surface area contributed by atoms with E-state index < -0.39 is 28.0 Å². The molecule has 272 valence electrons. The molecular formula is C40H50N4O6S. The van der Waals surface area contributed by atoms with E-state index in [1.54, 1.807) is 48.3 Å². The molecule has 1 aliphatic heterocycles. The molecule has 0 saturated heterocycles. The van der Waals surface area contributed by atoms with Gasteiger partial charge in [-0.15, -0.1) is 0 Å². The molecule has 10 nitrogen and oxygen atoms in total. The van der Waals surface area contributed by atoms with Crippen LogP contribution in [0, 0.1) is 0 Å². The molecule has 0 saturated carbocycles. The fourth-order valence-corrected chi connectivity index (χ4v) is 7.53. The van der Waals surface area contributed by atoms with Gasteiger partial charge in [0.05, 0.1) is 10.9 Å².